The number of halogens is 2. The van der Waals surface area contributed by atoms with Crippen LogP contribution in [-0.2, 0) is 6.61 Å². The van der Waals surface area contributed by atoms with Crippen LogP contribution in [0.3, 0.4) is 0 Å². The maximum atomic E-state index is 11.5. The summed E-state index contributed by atoms with van der Waals surface area (Å²) in [4.78, 5) is 20.0. The maximum Gasteiger partial charge on any atom is 0.356 e. The first-order valence-corrected chi connectivity index (χ1v) is 8.02. The standard InChI is InChI=1S/C18H12Cl2N2O3/c19-12-5-1-10(2-6-12)15-16(11-3-7-13(20)8-4-11)22-17(18(24)25)14(9-23)21-15/h1-8,23H,9H2,(H,24,25). The predicted octanol–water partition coefficient (Wildman–Crippen LogP) is 4.31. The normalized spacial score (nSPS) is 10.7. The molecule has 5 nitrogen and oxygen atoms in total. The van der Waals surface area contributed by atoms with Crippen molar-refractivity contribution in [3.05, 3.63) is 70.0 Å². The van der Waals surface area contributed by atoms with E-state index in [1.807, 2.05) is 0 Å². The molecule has 1 heterocycles. The zero-order valence-corrected chi connectivity index (χ0v) is 14.3. The molecule has 0 radical (unpaired) electrons. The zero-order valence-electron chi connectivity index (χ0n) is 12.8. The minimum atomic E-state index is -1.26. The van der Waals surface area contributed by atoms with Crippen molar-refractivity contribution in [3.8, 4) is 22.5 Å². The van der Waals surface area contributed by atoms with Crippen molar-refractivity contribution in [2.45, 2.75) is 6.61 Å². The summed E-state index contributed by atoms with van der Waals surface area (Å²) in [6, 6.07) is 13.8. The van der Waals surface area contributed by atoms with E-state index in [2.05, 4.69) is 9.97 Å². The highest BCUT2D eigenvalue weighted by molar-refractivity contribution is 6.31. The summed E-state index contributed by atoms with van der Waals surface area (Å²) in [6.07, 6.45) is 0. The first-order valence-electron chi connectivity index (χ1n) is 7.26. The van der Waals surface area contributed by atoms with Crippen molar-refractivity contribution < 1.29 is 15.0 Å². The molecule has 0 saturated heterocycles. The fourth-order valence-electron chi connectivity index (χ4n) is 2.37. The number of carbonyl (C=O) groups is 1. The quantitative estimate of drug-likeness (QED) is 0.710. The molecule has 3 rings (SSSR count). The van der Waals surface area contributed by atoms with Crippen LogP contribution in [-0.4, -0.2) is 26.2 Å². The van der Waals surface area contributed by atoms with E-state index in [0.29, 0.717) is 32.6 Å². The number of rotatable bonds is 4. The van der Waals surface area contributed by atoms with Crippen LogP contribution in [0, 0.1) is 0 Å². The highest BCUT2D eigenvalue weighted by Crippen LogP contribution is 2.31. The Labute approximate surface area is 153 Å². The highest BCUT2D eigenvalue weighted by Gasteiger charge is 2.20. The molecule has 0 spiro atoms. The minimum Gasteiger partial charge on any atom is -0.476 e. The number of aromatic carboxylic acids is 1. The van der Waals surface area contributed by atoms with Gasteiger partial charge in [-0.3, -0.25) is 0 Å². The average molecular weight is 375 g/mol. The monoisotopic (exact) mass is 374 g/mol. The molecule has 25 heavy (non-hydrogen) atoms. The minimum absolute atomic E-state index is 0.00448. The lowest BCUT2D eigenvalue weighted by molar-refractivity contribution is 0.0686. The van der Waals surface area contributed by atoms with Crippen LogP contribution < -0.4 is 0 Å². The van der Waals surface area contributed by atoms with E-state index in [1.165, 1.54) is 0 Å². The molecule has 0 aliphatic rings. The van der Waals surface area contributed by atoms with E-state index in [0.717, 1.165) is 0 Å². The molecule has 0 aliphatic carbocycles. The molecule has 3 aromatic rings. The van der Waals surface area contributed by atoms with Crippen LogP contribution in [0.5, 0.6) is 0 Å². The van der Waals surface area contributed by atoms with Crippen LogP contribution in [0.1, 0.15) is 16.2 Å². The molecule has 0 amide bonds. The van der Waals surface area contributed by atoms with E-state index in [1.54, 1.807) is 48.5 Å². The summed E-state index contributed by atoms with van der Waals surface area (Å²) in [6.45, 7) is -0.532. The Balaban J connectivity index is 2.28. The Morgan fingerprint density at radius 3 is 1.68 bits per heavy atom. The number of nitrogens with zero attached hydrogens (tertiary/aromatic N) is 2. The van der Waals surface area contributed by atoms with E-state index in [-0.39, 0.29) is 11.4 Å². The van der Waals surface area contributed by atoms with Gasteiger partial charge < -0.3 is 10.2 Å². The molecule has 0 unspecified atom stereocenters. The summed E-state index contributed by atoms with van der Waals surface area (Å²) in [5.41, 5.74) is 1.91. The van der Waals surface area contributed by atoms with Crippen LogP contribution >= 0.6 is 23.2 Å². The van der Waals surface area contributed by atoms with Crippen LogP contribution in [0.15, 0.2) is 48.5 Å². The zero-order chi connectivity index (χ0) is 18.0. The third kappa shape index (κ3) is 3.64. The second kappa shape index (κ2) is 7.19. The number of carboxylic acid groups (broad SMARTS) is 1. The molecule has 7 heteroatoms. The molecule has 2 N–H and O–H groups in total. The Kier molecular flexibility index (Phi) is 4.99. The number of carboxylic acids is 1. The third-order valence-corrected chi connectivity index (χ3v) is 4.06. The predicted molar refractivity (Wildman–Crippen MR) is 95.8 cm³/mol. The van der Waals surface area contributed by atoms with Crippen LogP contribution in [0.4, 0.5) is 0 Å². The van der Waals surface area contributed by atoms with Gasteiger partial charge in [-0.25, -0.2) is 14.8 Å². The molecule has 0 saturated carbocycles. The number of aromatic nitrogens is 2. The van der Waals surface area contributed by atoms with E-state index < -0.39 is 12.6 Å². The first kappa shape index (κ1) is 17.4. The Bertz CT molecular complexity index is 926. The first-order chi connectivity index (χ1) is 12.0. The molecule has 2 aromatic carbocycles. The summed E-state index contributed by atoms with van der Waals surface area (Å²) in [5, 5.41) is 19.9. The lowest BCUT2D eigenvalue weighted by atomic mass is 10.0. The van der Waals surface area contributed by atoms with Gasteiger partial charge >= 0.3 is 5.97 Å². The summed E-state index contributed by atoms with van der Waals surface area (Å²) < 4.78 is 0. The Morgan fingerprint density at radius 1 is 0.840 bits per heavy atom. The van der Waals surface area contributed by atoms with Gasteiger partial charge in [-0.15, -0.1) is 0 Å². The number of aliphatic hydroxyl groups excluding tert-OH is 1. The van der Waals surface area contributed by atoms with Crippen molar-refractivity contribution in [1.82, 2.24) is 9.97 Å². The van der Waals surface area contributed by atoms with Crippen molar-refractivity contribution in [3.63, 3.8) is 0 Å². The number of benzene rings is 2. The Morgan fingerprint density at radius 2 is 1.28 bits per heavy atom. The molecule has 0 bridgehead atoms. The number of hydrogen-bond acceptors (Lipinski definition) is 4. The topological polar surface area (TPSA) is 83.3 Å². The average Bonchev–Trinajstić information content (AvgIpc) is 2.62. The molecular weight excluding hydrogens is 363 g/mol. The summed E-state index contributed by atoms with van der Waals surface area (Å²) >= 11 is 11.9. The van der Waals surface area contributed by atoms with Gasteiger partial charge in [-0.2, -0.15) is 0 Å². The van der Waals surface area contributed by atoms with Crippen molar-refractivity contribution >= 4 is 29.2 Å². The summed E-state index contributed by atoms with van der Waals surface area (Å²) in [7, 11) is 0. The Hall–Kier alpha value is -2.47. The largest absolute Gasteiger partial charge is 0.476 e. The fraction of sp³-hybridized carbons (Fsp3) is 0.0556. The van der Waals surface area contributed by atoms with Gasteiger partial charge in [0.25, 0.3) is 0 Å². The lowest BCUT2D eigenvalue weighted by Crippen LogP contribution is -2.11. The van der Waals surface area contributed by atoms with Crippen molar-refractivity contribution in [1.29, 1.82) is 0 Å². The van der Waals surface area contributed by atoms with Crippen LogP contribution in [0.25, 0.3) is 22.5 Å². The molecule has 0 atom stereocenters. The van der Waals surface area contributed by atoms with Gasteiger partial charge in [-0.05, 0) is 24.3 Å². The van der Waals surface area contributed by atoms with Gasteiger partial charge in [0.15, 0.2) is 5.69 Å². The van der Waals surface area contributed by atoms with Gasteiger partial charge in [0.2, 0.25) is 0 Å². The van der Waals surface area contributed by atoms with Gasteiger partial charge in [-0.1, -0.05) is 47.5 Å². The molecule has 1 aromatic heterocycles. The second-order valence-corrected chi connectivity index (χ2v) is 6.07. The number of hydrogen-bond donors (Lipinski definition) is 2. The van der Waals surface area contributed by atoms with Gasteiger partial charge in [0.05, 0.1) is 23.7 Å². The SMILES string of the molecule is O=C(O)c1nc(-c2ccc(Cl)cc2)c(-c2ccc(Cl)cc2)nc1CO. The molecule has 0 aliphatic heterocycles. The maximum absolute atomic E-state index is 11.5. The second-order valence-electron chi connectivity index (χ2n) is 5.19. The van der Waals surface area contributed by atoms with E-state index >= 15 is 0 Å². The third-order valence-electron chi connectivity index (χ3n) is 3.56. The van der Waals surface area contributed by atoms with Gasteiger partial charge in [0, 0.05) is 21.2 Å². The highest BCUT2D eigenvalue weighted by atomic mass is 35.5. The van der Waals surface area contributed by atoms with Crippen molar-refractivity contribution in [2.24, 2.45) is 0 Å². The van der Waals surface area contributed by atoms with Gasteiger partial charge in [0.1, 0.15) is 0 Å². The smallest absolute Gasteiger partial charge is 0.356 e. The fourth-order valence-corrected chi connectivity index (χ4v) is 2.62. The van der Waals surface area contributed by atoms with Crippen LogP contribution in [0.2, 0.25) is 10.0 Å². The lowest BCUT2D eigenvalue weighted by Gasteiger charge is -2.12. The van der Waals surface area contributed by atoms with E-state index in [9.17, 15) is 15.0 Å². The molecule has 126 valence electrons. The molecular formula is C18H12Cl2N2O3. The molecule has 0 fully saturated rings. The summed E-state index contributed by atoms with van der Waals surface area (Å²) in [5.74, 6) is -1.26. The van der Waals surface area contributed by atoms with E-state index in [4.69, 9.17) is 23.2 Å². The number of aliphatic hydroxyl groups is 1. The van der Waals surface area contributed by atoms with Crippen molar-refractivity contribution in [2.75, 3.05) is 0 Å².